The van der Waals surface area contributed by atoms with Crippen molar-refractivity contribution in [3.63, 3.8) is 0 Å². The van der Waals surface area contributed by atoms with Crippen molar-refractivity contribution in [2.45, 2.75) is 32.0 Å². The molecule has 10 heteroatoms. The molecule has 35 heavy (non-hydrogen) atoms. The smallest absolute Gasteiger partial charge is 0.253 e. The van der Waals surface area contributed by atoms with Gasteiger partial charge in [-0.15, -0.1) is 0 Å². The number of likely N-dealkylation sites (tertiary alicyclic amines) is 1. The van der Waals surface area contributed by atoms with Crippen LogP contribution >= 0.6 is 0 Å². The van der Waals surface area contributed by atoms with Crippen LogP contribution in [0.2, 0.25) is 0 Å². The van der Waals surface area contributed by atoms with Gasteiger partial charge in [-0.25, -0.2) is 18.7 Å². The lowest BCUT2D eigenvalue weighted by Gasteiger charge is -2.36. The molecule has 2 aromatic carbocycles. The summed E-state index contributed by atoms with van der Waals surface area (Å²) in [5.74, 6) is -1.02. The highest BCUT2D eigenvalue weighted by Gasteiger charge is 2.31. The fourth-order valence-corrected chi connectivity index (χ4v) is 4.79. The minimum atomic E-state index is -0.664. The number of nitrogen functional groups attached to an aromatic ring is 1. The van der Waals surface area contributed by atoms with Crippen LogP contribution in [0.15, 0.2) is 42.6 Å². The Morgan fingerprint density at radius 3 is 2.51 bits per heavy atom. The molecule has 0 saturated carbocycles. The van der Waals surface area contributed by atoms with Gasteiger partial charge >= 0.3 is 0 Å². The van der Waals surface area contributed by atoms with E-state index in [1.54, 1.807) is 25.4 Å². The molecule has 1 fully saturated rings. The number of carbonyl (C=O) groups excluding carboxylic acids is 1. The molecule has 0 spiro atoms. The molecule has 0 unspecified atom stereocenters. The standard InChI is InChI=1S/C25H27F2N7O/c1-29-22-3-2-15(8-21(22)28)24(35)33-6-4-20(5-7-33)34-13-16-12-30-25(32-23(16)14-34)31-19-10-17(26)9-18(27)11-19/h2-3,8-12,20,29H,4-7,13-14,28H2,1H3,(H,30,31,32). The summed E-state index contributed by atoms with van der Waals surface area (Å²) in [5, 5.41) is 5.88. The number of aromatic nitrogens is 2. The van der Waals surface area contributed by atoms with Crippen molar-refractivity contribution in [2.24, 2.45) is 0 Å². The fourth-order valence-electron chi connectivity index (χ4n) is 4.79. The third-order valence-electron chi connectivity index (χ3n) is 6.64. The number of fused-ring (bicyclic) bond motifs is 1. The highest BCUT2D eigenvalue weighted by Crippen LogP contribution is 2.29. The number of benzene rings is 2. The van der Waals surface area contributed by atoms with Crippen LogP contribution in [0.3, 0.4) is 0 Å². The van der Waals surface area contributed by atoms with Crippen LogP contribution in [-0.2, 0) is 13.1 Å². The van der Waals surface area contributed by atoms with Gasteiger partial charge in [0.15, 0.2) is 0 Å². The predicted molar refractivity (Wildman–Crippen MR) is 130 cm³/mol. The predicted octanol–water partition coefficient (Wildman–Crippen LogP) is 3.74. The van der Waals surface area contributed by atoms with E-state index >= 15 is 0 Å². The molecule has 1 saturated heterocycles. The molecule has 5 rings (SSSR count). The average molecular weight is 480 g/mol. The Morgan fingerprint density at radius 2 is 1.83 bits per heavy atom. The van der Waals surface area contributed by atoms with Gasteiger partial charge in [-0.1, -0.05) is 0 Å². The molecule has 3 heterocycles. The quantitative estimate of drug-likeness (QED) is 0.480. The summed E-state index contributed by atoms with van der Waals surface area (Å²) in [4.78, 5) is 26.1. The molecule has 1 aromatic heterocycles. The molecule has 3 aromatic rings. The number of amides is 1. The van der Waals surface area contributed by atoms with Crippen molar-refractivity contribution in [2.75, 3.05) is 36.5 Å². The van der Waals surface area contributed by atoms with Crippen LogP contribution in [0.4, 0.5) is 31.8 Å². The van der Waals surface area contributed by atoms with Crippen molar-refractivity contribution in [1.82, 2.24) is 19.8 Å². The molecular weight excluding hydrogens is 452 g/mol. The molecule has 2 aliphatic rings. The first kappa shape index (κ1) is 23.0. The van der Waals surface area contributed by atoms with Gasteiger partial charge in [0.05, 0.1) is 17.1 Å². The third kappa shape index (κ3) is 4.88. The van der Waals surface area contributed by atoms with E-state index in [0.29, 0.717) is 42.9 Å². The topological polar surface area (TPSA) is 99.4 Å². The number of carbonyl (C=O) groups is 1. The molecule has 0 radical (unpaired) electrons. The Balaban J connectivity index is 1.19. The van der Waals surface area contributed by atoms with Crippen LogP contribution in [0.5, 0.6) is 0 Å². The minimum Gasteiger partial charge on any atom is -0.397 e. The van der Waals surface area contributed by atoms with Crippen molar-refractivity contribution < 1.29 is 13.6 Å². The average Bonchev–Trinajstić information content (AvgIpc) is 3.26. The lowest BCUT2D eigenvalue weighted by molar-refractivity contribution is 0.0613. The molecule has 182 valence electrons. The highest BCUT2D eigenvalue weighted by atomic mass is 19.1. The number of hydrogen-bond acceptors (Lipinski definition) is 7. The number of nitrogens with two attached hydrogens (primary N) is 1. The maximum atomic E-state index is 13.5. The molecule has 8 nitrogen and oxygen atoms in total. The zero-order chi connectivity index (χ0) is 24.5. The Labute approximate surface area is 202 Å². The number of nitrogens with zero attached hydrogens (tertiary/aromatic N) is 4. The summed E-state index contributed by atoms with van der Waals surface area (Å²) in [6.07, 6.45) is 3.49. The van der Waals surface area contributed by atoms with Gasteiger partial charge in [0.25, 0.3) is 5.91 Å². The zero-order valence-electron chi connectivity index (χ0n) is 19.4. The second kappa shape index (κ2) is 9.46. The number of rotatable bonds is 5. The van der Waals surface area contributed by atoms with Gasteiger partial charge in [0, 0.05) is 68.3 Å². The van der Waals surface area contributed by atoms with E-state index in [-0.39, 0.29) is 11.6 Å². The van der Waals surface area contributed by atoms with Crippen LogP contribution < -0.4 is 16.4 Å². The molecule has 0 atom stereocenters. The third-order valence-corrected chi connectivity index (χ3v) is 6.64. The number of halogens is 2. The van der Waals surface area contributed by atoms with E-state index in [1.165, 1.54) is 12.1 Å². The first-order valence-electron chi connectivity index (χ1n) is 11.6. The number of hydrogen-bond donors (Lipinski definition) is 3. The molecule has 0 bridgehead atoms. The summed E-state index contributed by atoms with van der Waals surface area (Å²) in [7, 11) is 1.79. The van der Waals surface area contributed by atoms with E-state index in [4.69, 9.17) is 5.73 Å². The maximum absolute atomic E-state index is 13.5. The van der Waals surface area contributed by atoms with Crippen molar-refractivity contribution >= 4 is 28.9 Å². The van der Waals surface area contributed by atoms with E-state index in [2.05, 4.69) is 25.5 Å². The van der Waals surface area contributed by atoms with Gasteiger partial charge in [-0.3, -0.25) is 9.69 Å². The Bertz CT molecular complexity index is 1240. The summed E-state index contributed by atoms with van der Waals surface area (Å²) in [5.41, 5.74) is 10.2. The van der Waals surface area contributed by atoms with Gasteiger partial charge in [0.2, 0.25) is 5.95 Å². The second-order valence-corrected chi connectivity index (χ2v) is 8.93. The number of anilines is 4. The van der Waals surface area contributed by atoms with E-state index in [9.17, 15) is 13.6 Å². The molecule has 4 N–H and O–H groups in total. The van der Waals surface area contributed by atoms with Crippen molar-refractivity contribution in [1.29, 1.82) is 0 Å². The van der Waals surface area contributed by atoms with Gasteiger partial charge in [0.1, 0.15) is 11.6 Å². The van der Waals surface area contributed by atoms with Crippen LogP contribution in [0.1, 0.15) is 34.5 Å². The number of piperidine rings is 1. The van der Waals surface area contributed by atoms with Crippen LogP contribution in [0, 0.1) is 11.6 Å². The maximum Gasteiger partial charge on any atom is 0.253 e. The SMILES string of the molecule is CNc1ccc(C(=O)N2CCC(N3Cc4cnc(Nc5cc(F)cc(F)c5)nc4C3)CC2)cc1N. The van der Waals surface area contributed by atoms with Crippen LogP contribution in [-0.4, -0.2) is 51.9 Å². The molecule has 0 aliphatic carbocycles. The van der Waals surface area contributed by atoms with E-state index in [0.717, 1.165) is 42.4 Å². The normalized spacial score (nSPS) is 16.3. The van der Waals surface area contributed by atoms with Crippen molar-refractivity contribution in [3.05, 3.63) is 71.1 Å². The van der Waals surface area contributed by atoms with E-state index in [1.807, 2.05) is 11.0 Å². The summed E-state index contributed by atoms with van der Waals surface area (Å²) < 4.78 is 26.9. The first-order valence-corrected chi connectivity index (χ1v) is 11.6. The fraction of sp³-hybridized carbons (Fsp3) is 0.320. The van der Waals surface area contributed by atoms with Gasteiger partial charge in [-0.05, 0) is 43.2 Å². The summed E-state index contributed by atoms with van der Waals surface area (Å²) >= 11 is 0. The second-order valence-electron chi connectivity index (χ2n) is 8.93. The lowest BCUT2D eigenvalue weighted by Crippen LogP contribution is -2.45. The summed E-state index contributed by atoms with van der Waals surface area (Å²) in [6.45, 7) is 2.76. The molecule has 2 aliphatic heterocycles. The Hall–Kier alpha value is -3.79. The minimum absolute atomic E-state index is 0.00196. The lowest BCUT2D eigenvalue weighted by atomic mass is 10.0. The van der Waals surface area contributed by atoms with Gasteiger partial charge in [-0.2, -0.15) is 0 Å². The first-order chi connectivity index (χ1) is 16.9. The Kier molecular flexibility index (Phi) is 6.21. The monoisotopic (exact) mass is 479 g/mol. The number of nitrogens with one attached hydrogen (secondary N) is 2. The van der Waals surface area contributed by atoms with Crippen LogP contribution in [0.25, 0.3) is 0 Å². The van der Waals surface area contributed by atoms with E-state index < -0.39 is 11.6 Å². The largest absolute Gasteiger partial charge is 0.397 e. The molecular formula is C25H27F2N7O. The van der Waals surface area contributed by atoms with Gasteiger partial charge < -0.3 is 21.3 Å². The molecule has 1 amide bonds. The van der Waals surface area contributed by atoms with Crippen molar-refractivity contribution in [3.8, 4) is 0 Å². The Morgan fingerprint density at radius 1 is 1.09 bits per heavy atom. The zero-order valence-corrected chi connectivity index (χ0v) is 19.4. The summed E-state index contributed by atoms with van der Waals surface area (Å²) in [6, 6.07) is 8.90. The highest BCUT2D eigenvalue weighted by molar-refractivity contribution is 5.96.